The quantitative estimate of drug-likeness (QED) is 0.690. The molecule has 0 unspecified atom stereocenters. The Kier molecular flexibility index (Phi) is 7.82. The third-order valence-corrected chi connectivity index (χ3v) is 5.98. The van der Waals surface area contributed by atoms with Crippen molar-refractivity contribution in [3.63, 3.8) is 0 Å². The van der Waals surface area contributed by atoms with Crippen LogP contribution in [0.3, 0.4) is 0 Å². The summed E-state index contributed by atoms with van der Waals surface area (Å²) in [6.45, 7) is 6.89. The van der Waals surface area contributed by atoms with Crippen LogP contribution >= 0.6 is 0 Å². The van der Waals surface area contributed by atoms with E-state index in [2.05, 4.69) is 5.32 Å². The summed E-state index contributed by atoms with van der Waals surface area (Å²) in [6.07, 6.45) is 1.28. The number of anilines is 1. The van der Waals surface area contributed by atoms with E-state index in [0.29, 0.717) is 31.6 Å². The molecule has 30 heavy (non-hydrogen) atoms. The number of primary amides is 1. The average molecular weight is 433 g/mol. The highest BCUT2D eigenvalue weighted by Gasteiger charge is 2.19. The number of nitrogens with two attached hydrogens (primary N) is 1. The number of rotatable bonds is 3. The van der Waals surface area contributed by atoms with Gasteiger partial charge in [-0.2, -0.15) is 0 Å². The van der Waals surface area contributed by atoms with Crippen LogP contribution < -0.4 is 15.8 Å². The Morgan fingerprint density at radius 3 is 2.17 bits per heavy atom. The number of sulfonamides is 1. The molecule has 1 aliphatic heterocycles. The molecule has 0 atom stereocenters. The van der Waals surface area contributed by atoms with E-state index in [1.165, 1.54) is 12.1 Å². The Hall–Kier alpha value is -3.07. The van der Waals surface area contributed by atoms with Gasteiger partial charge in [-0.25, -0.2) is 22.7 Å². The van der Waals surface area contributed by atoms with Crippen molar-refractivity contribution in [2.75, 3.05) is 18.4 Å². The predicted molar refractivity (Wildman–Crippen MR) is 117 cm³/mol. The van der Waals surface area contributed by atoms with Crippen molar-refractivity contribution in [1.29, 1.82) is 0 Å². The third-order valence-electron chi connectivity index (χ3n) is 4.64. The van der Waals surface area contributed by atoms with Gasteiger partial charge in [0.2, 0.25) is 0 Å². The summed E-state index contributed by atoms with van der Waals surface area (Å²) in [5, 5.41) is 2.55. The highest BCUT2D eigenvalue weighted by atomic mass is 32.2. The van der Waals surface area contributed by atoms with Gasteiger partial charge in [0.25, 0.3) is 10.0 Å². The van der Waals surface area contributed by atoms with Crippen LogP contribution in [-0.2, 0) is 22.9 Å². The molecule has 0 aliphatic carbocycles. The number of amides is 4. The molecule has 4 amide bonds. The first-order valence-electron chi connectivity index (χ1n) is 9.81. The summed E-state index contributed by atoms with van der Waals surface area (Å²) in [4.78, 5) is 25.1. The van der Waals surface area contributed by atoms with Gasteiger partial charge in [-0.15, -0.1) is 0 Å². The maximum atomic E-state index is 12.3. The number of hydrogen-bond acceptors (Lipinski definition) is 4. The third kappa shape index (κ3) is 5.96. The molecule has 2 aromatic rings. The van der Waals surface area contributed by atoms with E-state index < -0.39 is 22.1 Å². The largest absolute Gasteiger partial charge is 0.351 e. The number of hydrogen-bond donors (Lipinski definition) is 3. The molecule has 0 saturated heterocycles. The highest BCUT2D eigenvalue weighted by molar-refractivity contribution is 7.90. The van der Waals surface area contributed by atoms with E-state index in [4.69, 9.17) is 5.73 Å². The number of fused-ring (bicyclic) bond motifs is 1. The van der Waals surface area contributed by atoms with Crippen LogP contribution in [0.2, 0.25) is 0 Å². The number of urea groups is 2. The fraction of sp³-hybridized carbons (Fsp3) is 0.333. The maximum absolute atomic E-state index is 12.3. The molecule has 0 aromatic heterocycles. The van der Waals surface area contributed by atoms with E-state index in [0.717, 1.165) is 16.7 Å². The molecule has 0 radical (unpaired) electrons. The Morgan fingerprint density at radius 2 is 1.57 bits per heavy atom. The first kappa shape index (κ1) is 23.2. The number of carbonyl (C=O) groups is 2. The lowest BCUT2D eigenvalue weighted by molar-refractivity contribution is 0.210. The van der Waals surface area contributed by atoms with Gasteiger partial charge in [0.15, 0.2) is 0 Å². The van der Waals surface area contributed by atoms with Crippen LogP contribution in [0.25, 0.3) is 0 Å². The van der Waals surface area contributed by atoms with E-state index in [9.17, 15) is 18.0 Å². The van der Waals surface area contributed by atoms with Crippen molar-refractivity contribution < 1.29 is 18.0 Å². The molecule has 3 rings (SSSR count). The van der Waals surface area contributed by atoms with Crippen molar-refractivity contribution in [3.05, 3.63) is 59.2 Å². The van der Waals surface area contributed by atoms with E-state index in [-0.39, 0.29) is 4.90 Å². The zero-order valence-corrected chi connectivity index (χ0v) is 18.3. The van der Waals surface area contributed by atoms with Crippen LogP contribution in [0.15, 0.2) is 47.4 Å². The zero-order chi connectivity index (χ0) is 22.3. The van der Waals surface area contributed by atoms with Crippen molar-refractivity contribution in [2.45, 2.75) is 38.5 Å². The van der Waals surface area contributed by atoms with Crippen molar-refractivity contribution in [1.82, 2.24) is 9.62 Å². The molecule has 0 spiro atoms. The molecular formula is C21H28N4O4S. The van der Waals surface area contributed by atoms with Gasteiger partial charge in [-0.05, 0) is 55.2 Å². The van der Waals surface area contributed by atoms with E-state index >= 15 is 0 Å². The average Bonchev–Trinajstić information content (AvgIpc) is 2.92. The summed E-state index contributed by atoms with van der Waals surface area (Å²) in [5.41, 5.74) is 8.80. The first-order chi connectivity index (χ1) is 14.2. The minimum atomic E-state index is -3.96. The fourth-order valence-corrected chi connectivity index (χ4v) is 3.99. The second-order valence-electron chi connectivity index (χ2n) is 6.68. The van der Waals surface area contributed by atoms with Gasteiger partial charge in [-0.1, -0.05) is 37.6 Å². The molecular weight excluding hydrogens is 404 g/mol. The Bertz CT molecular complexity index is 1000. The van der Waals surface area contributed by atoms with Crippen LogP contribution in [0.1, 0.15) is 30.5 Å². The zero-order valence-electron chi connectivity index (χ0n) is 17.4. The second-order valence-corrected chi connectivity index (χ2v) is 8.36. The van der Waals surface area contributed by atoms with Crippen molar-refractivity contribution in [3.8, 4) is 0 Å². The molecule has 1 heterocycles. The summed E-state index contributed by atoms with van der Waals surface area (Å²) >= 11 is 0. The Morgan fingerprint density at radius 1 is 0.967 bits per heavy atom. The molecule has 0 bridgehead atoms. The molecule has 8 nitrogen and oxygen atoms in total. The topological polar surface area (TPSA) is 122 Å². The Labute approximate surface area is 177 Å². The maximum Gasteiger partial charge on any atom is 0.333 e. The summed E-state index contributed by atoms with van der Waals surface area (Å²) in [6, 6.07) is 10.3. The van der Waals surface area contributed by atoms with Crippen molar-refractivity contribution >= 4 is 27.8 Å². The molecule has 4 N–H and O–H groups in total. The first-order valence-corrected chi connectivity index (χ1v) is 11.3. The Balaban J connectivity index is 0.00000155. The second kappa shape index (κ2) is 10.1. The molecule has 0 saturated carbocycles. The SMILES string of the molecule is CC.Cc1ccc(S(=O)(=O)NC(=O)Nc2ccc3c(c2)CCN(C(N)=O)CC3)cc1. The minimum absolute atomic E-state index is 0.0155. The predicted octanol–water partition coefficient (Wildman–Crippen LogP) is 3.01. The van der Waals surface area contributed by atoms with Gasteiger partial charge in [0, 0.05) is 18.8 Å². The summed E-state index contributed by atoms with van der Waals surface area (Å²) in [7, 11) is -3.96. The molecule has 2 aromatic carbocycles. The van der Waals surface area contributed by atoms with Crippen molar-refractivity contribution in [2.24, 2.45) is 5.73 Å². The van der Waals surface area contributed by atoms with Gasteiger partial charge < -0.3 is 16.0 Å². The summed E-state index contributed by atoms with van der Waals surface area (Å²) in [5.74, 6) is 0. The lowest BCUT2D eigenvalue weighted by atomic mass is 10.0. The molecule has 162 valence electrons. The fourth-order valence-electron chi connectivity index (χ4n) is 3.08. The van der Waals surface area contributed by atoms with Gasteiger partial charge in [0.05, 0.1) is 4.90 Å². The molecule has 0 fully saturated rings. The van der Waals surface area contributed by atoms with E-state index in [1.54, 1.807) is 29.2 Å². The summed E-state index contributed by atoms with van der Waals surface area (Å²) < 4.78 is 26.6. The number of nitrogens with zero attached hydrogens (tertiary/aromatic N) is 1. The minimum Gasteiger partial charge on any atom is -0.351 e. The van der Waals surface area contributed by atoms with E-state index in [1.807, 2.05) is 31.6 Å². The monoisotopic (exact) mass is 432 g/mol. The number of benzene rings is 2. The lowest BCUT2D eigenvalue weighted by Crippen LogP contribution is -2.37. The molecule has 1 aliphatic rings. The highest BCUT2D eigenvalue weighted by Crippen LogP contribution is 2.21. The van der Waals surface area contributed by atoms with Crippen LogP contribution in [0.4, 0.5) is 15.3 Å². The molecule has 9 heteroatoms. The van der Waals surface area contributed by atoms with Crippen LogP contribution in [-0.4, -0.2) is 38.5 Å². The smallest absolute Gasteiger partial charge is 0.333 e. The van der Waals surface area contributed by atoms with Gasteiger partial charge in [0.1, 0.15) is 0 Å². The number of nitrogens with one attached hydrogen (secondary N) is 2. The van der Waals surface area contributed by atoms with Gasteiger partial charge in [-0.3, -0.25) is 0 Å². The normalized spacial score (nSPS) is 13.2. The standard InChI is InChI=1S/C19H22N4O4S.C2H6/c1-13-2-6-17(7-3-13)28(26,27)22-19(25)21-16-5-4-14-8-10-23(18(20)24)11-9-15(14)12-16;1-2/h2-7,12H,8-11H2,1H3,(H2,20,24)(H2,21,22,25);1-2H3. The van der Waals surface area contributed by atoms with Gasteiger partial charge >= 0.3 is 12.1 Å². The van der Waals surface area contributed by atoms with Crippen LogP contribution in [0.5, 0.6) is 0 Å². The van der Waals surface area contributed by atoms with Crippen LogP contribution in [0, 0.1) is 6.92 Å². The number of aryl methyl sites for hydroxylation is 1. The lowest BCUT2D eigenvalue weighted by Gasteiger charge is -2.16. The number of carbonyl (C=O) groups excluding carboxylic acids is 2.